The van der Waals surface area contributed by atoms with E-state index >= 15 is 0 Å². The number of methoxy groups -OCH3 is 1. The maximum absolute atomic E-state index is 11.8. The van der Waals surface area contributed by atoms with Crippen LogP contribution in [0.15, 0.2) is 34.8 Å². The van der Waals surface area contributed by atoms with Crippen molar-refractivity contribution in [3.8, 4) is 5.75 Å². The molecule has 8 heteroatoms. The fourth-order valence-electron chi connectivity index (χ4n) is 1.99. The maximum Gasteiger partial charge on any atom is 0.247 e. The summed E-state index contributed by atoms with van der Waals surface area (Å²) in [7, 11) is 5.32. The molecule has 0 aromatic heterocycles. The molecule has 1 rings (SSSR count). The first-order chi connectivity index (χ1) is 12.0. The molecule has 0 heterocycles. The summed E-state index contributed by atoms with van der Waals surface area (Å²) in [6.45, 7) is 8.24. The molecule has 1 aromatic rings. The van der Waals surface area contributed by atoms with Gasteiger partial charge < -0.3 is 20.3 Å². The summed E-state index contributed by atoms with van der Waals surface area (Å²) in [4.78, 5) is 21.4. The zero-order valence-corrected chi connectivity index (χ0v) is 14.8. The number of hydrogen-bond acceptors (Lipinski definition) is 6. The number of nitrogens with zero attached hydrogens (tertiary/aromatic N) is 3. The van der Waals surface area contributed by atoms with E-state index in [0.717, 1.165) is 18.8 Å². The van der Waals surface area contributed by atoms with Crippen LogP contribution in [0.4, 0.5) is 17.1 Å². The van der Waals surface area contributed by atoms with Gasteiger partial charge in [-0.2, -0.15) is 0 Å². The second-order valence-corrected chi connectivity index (χ2v) is 5.06. The molecule has 3 N–H and O–H groups in total. The van der Waals surface area contributed by atoms with Crippen LogP contribution in [0.25, 0.3) is 0 Å². The largest absolute Gasteiger partial charge is 0.494 e. The highest BCUT2D eigenvalue weighted by molar-refractivity contribution is 6.29. The normalized spacial score (nSPS) is 10.4. The number of hydrogen-bond donors (Lipinski definition) is 3. The molecular weight excluding hydrogens is 320 g/mol. The number of likely N-dealkylation sites (N-methyl/N-ethyl adjacent to an activating group) is 2. The van der Waals surface area contributed by atoms with Gasteiger partial charge >= 0.3 is 0 Å². The Bertz CT molecular complexity index is 684. The predicted octanol–water partition coefficient (Wildman–Crippen LogP) is 1.86. The lowest BCUT2D eigenvalue weighted by Gasteiger charge is -2.23. The number of benzene rings is 1. The Labute approximate surface area is 147 Å². The summed E-state index contributed by atoms with van der Waals surface area (Å²) in [5, 5.41) is 13.3. The SMILES string of the molecule is C=CC(=O)Nc1cc(N=CC(=N)N=C)c(OC)cc1N(C)CCNC. The van der Waals surface area contributed by atoms with Crippen molar-refractivity contribution in [3.05, 3.63) is 24.8 Å². The Hall–Kier alpha value is -3.00. The Morgan fingerprint density at radius 1 is 1.48 bits per heavy atom. The first-order valence-corrected chi connectivity index (χ1v) is 7.57. The van der Waals surface area contributed by atoms with Crippen LogP contribution >= 0.6 is 0 Å². The van der Waals surface area contributed by atoms with Gasteiger partial charge in [0.15, 0.2) is 5.84 Å². The van der Waals surface area contributed by atoms with Crippen LogP contribution in [0.5, 0.6) is 5.75 Å². The molecule has 0 saturated carbocycles. The van der Waals surface area contributed by atoms with E-state index in [1.165, 1.54) is 19.4 Å². The third-order valence-electron chi connectivity index (χ3n) is 3.35. The van der Waals surface area contributed by atoms with E-state index in [-0.39, 0.29) is 11.7 Å². The minimum Gasteiger partial charge on any atom is -0.494 e. The molecule has 0 aliphatic rings. The zero-order valence-electron chi connectivity index (χ0n) is 14.8. The fourth-order valence-corrected chi connectivity index (χ4v) is 1.99. The molecule has 25 heavy (non-hydrogen) atoms. The second-order valence-electron chi connectivity index (χ2n) is 5.06. The first-order valence-electron chi connectivity index (χ1n) is 7.57. The van der Waals surface area contributed by atoms with Crippen LogP contribution in [-0.2, 0) is 4.79 Å². The molecular formula is C17H24N6O2. The van der Waals surface area contributed by atoms with Crippen molar-refractivity contribution in [2.24, 2.45) is 9.98 Å². The summed E-state index contributed by atoms with van der Waals surface area (Å²) in [6.07, 6.45) is 2.45. The van der Waals surface area contributed by atoms with Crippen molar-refractivity contribution < 1.29 is 9.53 Å². The minimum absolute atomic E-state index is 0.0751. The molecule has 134 valence electrons. The Morgan fingerprint density at radius 3 is 2.76 bits per heavy atom. The standard InChI is InChI=1S/C17H24N6O2/c1-6-17(24)22-12-9-13(21-11-16(18)20-3)15(25-5)10-14(12)23(4)8-7-19-2/h6,9-11,18-19H,1,3,7-8H2,2,4-5H3,(H,22,24). The summed E-state index contributed by atoms with van der Waals surface area (Å²) >= 11 is 0. The molecule has 0 spiro atoms. The molecule has 0 fully saturated rings. The number of carbonyl (C=O) groups excluding carboxylic acids is 1. The van der Waals surface area contributed by atoms with Crippen LogP contribution in [0, 0.1) is 5.41 Å². The van der Waals surface area contributed by atoms with Crippen LogP contribution < -0.4 is 20.3 Å². The van der Waals surface area contributed by atoms with Crippen molar-refractivity contribution in [1.82, 2.24) is 5.32 Å². The fraction of sp³-hybridized carbons (Fsp3) is 0.294. The quantitative estimate of drug-likeness (QED) is 0.361. The highest BCUT2D eigenvalue weighted by Crippen LogP contribution is 2.38. The van der Waals surface area contributed by atoms with E-state index in [0.29, 0.717) is 17.1 Å². The predicted molar refractivity (Wildman–Crippen MR) is 104 cm³/mol. The van der Waals surface area contributed by atoms with Gasteiger partial charge in [0.1, 0.15) is 11.4 Å². The zero-order chi connectivity index (χ0) is 18.8. The second kappa shape index (κ2) is 9.99. The van der Waals surface area contributed by atoms with Crippen LogP contribution in [0.3, 0.4) is 0 Å². The van der Waals surface area contributed by atoms with Gasteiger partial charge in [0.05, 0.1) is 24.7 Å². The summed E-state index contributed by atoms with van der Waals surface area (Å²) in [6, 6.07) is 3.46. The van der Waals surface area contributed by atoms with Gasteiger partial charge in [0.25, 0.3) is 0 Å². The van der Waals surface area contributed by atoms with Crippen LogP contribution in [0.1, 0.15) is 0 Å². The first kappa shape index (κ1) is 20.0. The number of aliphatic imine (C=N–C) groups is 2. The number of ether oxygens (including phenoxy) is 1. The van der Waals surface area contributed by atoms with Gasteiger partial charge in [-0.15, -0.1) is 0 Å². The average molecular weight is 344 g/mol. The lowest BCUT2D eigenvalue weighted by atomic mass is 10.2. The molecule has 0 saturated heterocycles. The summed E-state index contributed by atoms with van der Waals surface area (Å²) in [5.41, 5.74) is 1.80. The van der Waals surface area contributed by atoms with Crippen molar-refractivity contribution in [3.63, 3.8) is 0 Å². The lowest BCUT2D eigenvalue weighted by Crippen LogP contribution is -2.28. The number of carbonyl (C=O) groups is 1. The van der Waals surface area contributed by atoms with Crippen LogP contribution in [-0.4, -0.2) is 59.0 Å². The highest BCUT2D eigenvalue weighted by atomic mass is 16.5. The van der Waals surface area contributed by atoms with Gasteiger partial charge in [0.2, 0.25) is 5.91 Å². The van der Waals surface area contributed by atoms with E-state index in [1.807, 2.05) is 19.0 Å². The smallest absolute Gasteiger partial charge is 0.247 e. The van der Waals surface area contributed by atoms with E-state index in [4.69, 9.17) is 10.1 Å². The number of rotatable bonds is 9. The van der Waals surface area contributed by atoms with E-state index in [1.54, 1.807) is 12.1 Å². The highest BCUT2D eigenvalue weighted by Gasteiger charge is 2.14. The van der Waals surface area contributed by atoms with Gasteiger partial charge in [-0.1, -0.05) is 6.58 Å². The van der Waals surface area contributed by atoms with E-state index in [2.05, 4.69) is 33.9 Å². The van der Waals surface area contributed by atoms with Crippen LogP contribution in [0.2, 0.25) is 0 Å². The molecule has 1 amide bonds. The summed E-state index contributed by atoms with van der Waals surface area (Å²) in [5.74, 6) is 0.105. The molecule has 0 unspecified atom stereocenters. The van der Waals surface area contributed by atoms with Crippen molar-refractivity contribution in [1.29, 1.82) is 5.41 Å². The topological polar surface area (TPSA) is 102 Å². The molecule has 0 aliphatic carbocycles. The Balaban J connectivity index is 3.36. The Kier molecular flexibility index (Phi) is 8.01. The van der Waals surface area contributed by atoms with E-state index < -0.39 is 0 Å². The monoisotopic (exact) mass is 344 g/mol. The average Bonchev–Trinajstić information content (AvgIpc) is 2.63. The van der Waals surface area contributed by atoms with Gasteiger partial charge in [-0.05, 0) is 25.9 Å². The van der Waals surface area contributed by atoms with Crippen molar-refractivity contribution in [2.75, 3.05) is 44.5 Å². The molecule has 8 nitrogen and oxygen atoms in total. The molecule has 0 aliphatic heterocycles. The third kappa shape index (κ3) is 5.85. The lowest BCUT2D eigenvalue weighted by molar-refractivity contribution is -0.111. The molecule has 0 radical (unpaired) electrons. The van der Waals surface area contributed by atoms with E-state index in [9.17, 15) is 4.79 Å². The van der Waals surface area contributed by atoms with Crippen molar-refractivity contribution >= 4 is 41.7 Å². The number of amides is 1. The summed E-state index contributed by atoms with van der Waals surface area (Å²) < 4.78 is 5.39. The van der Waals surface area contributed by atoms with Gasteiger partial charge in [-0.25, -0.2) is 9.98 Å². The number of nitrogens with one attached hydrogen (secondary N) is 3. The maximum atomic E-state index is 11.8. The number of amidine groups is 1. The number of anilines is 2. The third-order valence-corrected chi connectivity index (χ3v) is 3.35. The molecule has 1 aromatic carbocycles. The van der Waals surface area contributed by atoms with Gasteiger partial charge in [-0.3, -0.25) is 10.2 Å². The molecule has 0 bridgehead atoms. The minimum atomic E-state index is -0.330. The molecule has 0 atom stereocenters. The van der Waals surface area contributed by atoms with Crippen molar-refractivity contribution in [2.45, 2.75) is 0 Å². The Morgan fingerprint density at radius 2 is 2.20 bits per heavy atom. The van der Waals surface area contributed by atoms with Gasteiger partial charge in [0, 0.05) is 26.2 Å².